The van der Waals surface area contributed by atoms with Gasteiger partial charge in [-0.25, -0.2) is 14.4 Å². The Labute approximate surface area is 109 Å². The average Bonchev–Trinajstić information content (AvgIpc) is 2.26. The minimum absolute atomic E-state index is 0.000227. The molecule has 0 aliphatic rings. The maximum absolute atomic E-state index is 11.2. The molecule has 6 nitrogen and oxygen atoms in total. The molecule has 0 spiro atoms. The van der Waals surface area contributed by atoms with Gasteiger partial charge in [-0.15, -0.1) is 0 Å². The van der Waals surface area contributed by atoms with E-state index >= 15 is 0 Å². The lowest BCUT2D eigenvalue weighted by Crippen LogP contribution is -2.17. The van der Waals surface area contributed by atoms with Crippen molar-refractivity contribution in [3.63, 3.8) is 0 Å². The smallest absolute Gasteiger partial charge is 0.336 e. The Morgan fingerprint density at radius 1 is 0.947 bits per heavy atom. The first kappa shape index (κ1) is 14.7. The highest BCUT2D eigenvalue weighted by atomic mass is 16.4. The molecule has 0 amide bonds. The lowest BCUT2D eigenvalue weighted by molar-refractivity contribution is 0.0647. The van der Waals surface area contributed by atoms with E-state index in [1.54, 1.807) is 13.8 Å². The molecule has 0 unspecified atom stereocenters. The normalized spacial score (nSPS) is 10.5. The molecule has 0 saturated carbocycles. The standard InChI is InChI=1S/C13H14O6/c1-6(2)5-9-7(11(14)15)3-4-8(12(16)17)10(9)13(18)19/h3-4,6H,5H2,1-2H3,(H,14,15)(H,16,17)(H,18,19). The molecule has 0 fully saturated rings. The molecular weight excluding hydrogens is 252 g/mol. The van der Waals surface area contributed by atoms with Gasteiger partial charge in [0.15, 0.2) is 0 Å². The zero-order valence-corrected chi connectivity index (χ0v) is 10.5. The second-order valence-electron chi connectivity index (χ2n) is 4.53. The summed E-state index contributed by atoms with van der Waals surface area (Å²) in [5.74, 6) is -4.09. The van der Waals surface area contributed by atoms with Gasteiger partial charge in [-0.1, -0.05) is 13.8 Å². The quantitative estimate of drug-likeness (QED) is 0.751. The van der Waals surface area contributed by atoms with Crippen molar-refractivity contribution < 1.29 is 29.7 Å². The molecule has 0 radical (unpaired) electrons. The van der Waals surface area contributed by atoms with Gasteiger partial charge < -0.3 is 15.3 Å². The highest BCUT2D eigenvalue weighted by Gasteiger charge is 2.25. The minimum Gasteiger partial charge on any atom is -0.478 e. The topological polar surface area (TPSA) is 112 Å². The van der Waals surface area contributed by atoms with Gasteiger partial charge in [-0.05, 0) is 30.0 Å². The van der Waals surface area contributed by atoms with Gasteiger partial charge in [0.25, 0.3) is 0 Å². The molecule has 6 heteroatoms. The SMILES string of the molecule is CC(C)Cc1c(C(=O)O)ccc(C(=O)O)c1C(=O)O. The molecule has 1 aromatic rings. The molecule has 0 aliphatic heterocycles. The predicted molar refractivity (Wildman–Crippen MR) is 65.9 cm³/mol. The predicted octanol–water partition coefficient (Wildman–Crippen LogP) is 1.98. The van der Waals surface area contributed by atoms with E-state index in [9.17, 15) is 14.4 Å². The van der Waals surface area contributed by atoms with Crippen LogP contribution in [0.15, 0.2) is 12.1 Å². The van der Waals surface area contributed by atoms with Crippen LogP contribution in [0.25, 0.3) is 0 Å². The van der Waals surface area contributed by atoms with Crippen LogP contribution in [0.3, 0.4) is 0 Å². The van der Waals surface area contributed by atoms with Crippen LogP contribution in [0, 0.1) is 5.92 Å². The number of carboxylic acid groups (broad SMARTS) is 3. The number of carbonyl (C=O) groups is 3. The summed E-state index contributed by atoms with van der Waals surface area (Å²) in [6, 6.07) is 2.15. The summed E-state index contributed by atoms with van der Waals surface area (Å²) in [5.41, 5.74) is -0.958. The Morgan fingerprint density at radius 3 is 1.79 bits per heavy atom. The molecule has 19 heavy (non-hydrogen) atoms. The van der Waals surface area contributed by atoms with Crippen LogP contribution in [-0.2, 0) is 6.42 Å². The van der Waals surface area contributed by atoms with Crippen LogP contribution in [0.1, 0.15) is 50.5 Å². The zero-order valence-electron chi connectivity index (χ0n) is 10.5. The van der Waals surface area contributed by atoms with E-state index in [2.05, 4.69) is 0 Å². The zero-order chi connectivity index (χ0) is 14.7. The molecule has 102 valence electrons. The van der Waals surface area contributed by atoms with Crippen LogP contribution in [0.2, 0.25) is 0 Å². The number of benzene rings is 1. The Hall–Kier alpha value is -2.37. The maximum Gasteiger partial charge on any atom is 0.336 e. The summed E-state index contributed by atoms with van der Waals surface area (Å²) in [6.07, 6.45) is 0.185. The summed E-state index contributed by atoms with van der Waals surface area (Å²) in [6.45, 7) is 3.59. The average molecular weight is 266 g/mol. The first-order chi connectivity index (χ1) is 8.75. The molecule has 0 bridgehead atoms. The Morgan fingerprint density at radius 2 is 1.42 bits per heavy atom. The molecule has 3 N–H and O–H groups in total. The van der Waals surface area contributed by atoms with Crippen molar-refractivity contribution in [1.82, 2.24) is 0 Å². The first-order valence-corrected chi connectivity index (χ1v) is 5.61. The van der Waals surface area contributed by atoms with Gasteiger partial charge >= 0.3 is 17.9 Å². The summed E-state index contributed by atoms with van der Waals surface area (Å²) in [7, 11) is 0. The van der Waals surface area contributed by atoms with Gasteiger partial charge in [0, 0.05) is 0 Å². The summed E-state index contributed by atoms with van der Waals surface area (Å²) in [4.78, 5) is 33.4. The molecule has 1 aromatic carbocycles. The monoisotopic (exact) mass is 266 g/mol. The summed E-state index contributed by atoms with van der Waals surface area (Å²) < 4.78 is 0. The summed E-state index contributed by atoms with van der Waals surface area (Å²) >= 11 is 0. The molecule has 0 atom stereocenters. The van der Waals surface area contributed by atoms with Crippen molar-refractivity contribution in [3.8, 4) is 0 Å². The van der Waals surface area contributed by atoms with Crippen molar-refractivity contribution in [2.75, 3.05) is 0 Å². The molecule has 1 rings (SSSR count). The fourth-order valence-electron chi connectivity index (χ4n) is 1.89. The lowest BCUT2D eigenvalue weighted by Gasteiger charge is -2.14. The Bertz CT molecular complexity index is 544. The van der Waals surface area contributed by atoms with Crippen LogP contribution in [-0.4, -0.2) is 33.2 Å². The van der Waals surface area contributed by atoms with Gasteiger partial charge in [-0.3, -0.25) is 0 Å². The van der Waals surface area contributed by atoms with E-state index in [1.807, 2.05) is 0 Å². The number of hydrogen-bond acceptors (Lipinski definition) is 3. The third-order valence-corrected chi connectivity index (χ3v) is 2.60. The van der Waals surface area contributed by atoms with Crippen molar-refractivity contribution in [1.29, 1.82) is 0 Å². The van der Waals surface area contributed by atoms with Crippen LogP contribution >= 0.6 is 0 Å². The second-order valence-corrected chi connectivity index (χ2v) is 4.53. The number of rotatable bonds is 5. The number of aromatic carboxylic acids is 3. The molecule has 0 saturated heterocycles. The van der Waals surface area contributed by atoms with E-state index in [0.29, 0.717) is 0 Å². The van der Waals surface area contributed by atoms with Gasteiger partial charge in [-0.2, -0.15) is 0 Å². The second kappa shape index (κ2) is 5.51. The van der Waals surface area contributed by atoms with Crippen LogP contribution < -0.4 is 0 Å². The largest absolute Gasteiger partial charge is 0.478 e. The Kier molecular flexibility index (Phi) is 4.26. The van der Waals surface area contributed by atoms with Gasteiger partial charge in [0.2, 0.25) is 0 Å². The van der Waals surface area contributed by atoms with Crippen LogP contribution in [0.5, 0.6) is 0 Å². The third kappa shape index (κ3) is 3.09. The van der Waals surface area contributed by atoms with Crippen molar-refractivity contribution in [2.24, 2.45) is 5.92 Å². The van der Waals surface area contributed by atoms with Gasteiger partial charge in [0.05, 0.1) is 16.7 Å². The van der Waals surface area contributed by atoms with Gasteiger partial charge in [0.1, 0.15) is 0 Å². The van der Waals surface area contributed by atoms with E-state index in [0.717, 1.165) is 12.1 Å². The molecular formula is C13H14O6. The van der Waals surface area contributed by atoms with E-state index in [4.69, 9.17) is 15.3 Å². The van der Waals surface area contributed by atoms with E-state index in [-0.39, 0.29) is 23.5 Å². The fourth-order valence-corrected chi connectivity index (χ4v) is 1.89. The highest BCUT2D eigenvalue weighted by molar-refractivity contribution is 6.05. The maximum atomic E-state index is 11.2. The number of hydrogen-bond donors (Lipinski definition) is 3. The molecule has 0 aromatic heterocycles. The van der Waals surface area contributed by atoms with E-state index < -0.39 is 29.0 Å². The van der Waals surface area contributed by atoms with E-state index in [1.165, 1.54) is 0 Å². The molecule has 0 aliphatic carbocycles. The highest BCUT2D eigenvalue weighted by Crippen LogP contribution is 2.23. The van der Waals surface area contributed by atoms with Crippen LogP contribution in [0.4, 0.5) is 0 Å². The first-order valence-electron chi connectivity index (χ1n) is 5.61. The third-order valence-electron chi connectivity index (χ3n) is 2.60. The van der Waals surface area contributed by atoms with Crippen molar-refractivity contribution in [2.45, 2.75) is 20.3 Å². The number of carboxylic acids is 3. The van der Waals surface area contributed by atoms with Crippen molar-refractivity contribution >= 4 is 17.9 Å². The Balaban J connectivity index is 3.65. The molecule has 0 heterocycles. The summed E-state index contributed by atoms with van der Waals surface area (Å²) in [5, 5.41) is 27.2. The fraction of sp³-hybridized carbons (Fsp3) is 0.308. The lowest BCUT2D eigenvalue weighted by atomic mass is 9.90. The minimum atomic E-state index is -1.43. The van der Waals surface area contributed by atoms with Crippen molar-refractivity contribution in [3.05, 3.63) is 34.4 Å².